The van der Waals surface area contributed by atoms with Crippen LogP contribution in [0.4, 0.5) is 0 Å². The number of aromatic hydroxyl groups is 1. The quantitative estimate of drug-likeness (QED) is 0.863. The van der Waals surface area contributed by atoms with E-state index in [1.165, 1.54) is 0 Å². The number of halogens is 1. The largest absolute Gasteiger partial charge is 0.507 e. The van der Waals surface area contributed by atoms with E-state index in [0.29, 0.717) is 15.8 Å². The molecule has 0 amide bonds. The lowest BCUT2D eigenvalue weighted by atomic mass is 10.2. The lowest BCUT2D eigenvalue weighted by Crippen LogP contribution is -2.00. The van der Waals surface area contributed by atoms with Crippen molar-refractivity contribution in [2.45, 2.75) is 4.90 Å². The summed E-state index contributed by atoms with van der Waals surface area (Å²) in [5.41, 5.74) is 0.183. The minimum Gasteiger partial charge on any atom is -0.507 e. The van der Waals surface area contributed by atoms with Crippen molar-refractivity contribution < 1.29 is 15.0 Å². The number of rotatable bonds is 2. The molecule has 0 aliphatic heterocycles. The minimum atomic E-state index is -1.19. The normalized spacial score (nSPS) is 10.6. The smallest absolute Gasteiger partial charge is 0.354 e. The number of aromatic carboxylic acids is 1. The van der Waals surface area contributed by atoms with Gasteiger partial charge in [0, 0.05) is 16.3 Å². The maximum absolute atomic E-state index is 10.8. The molecule has 0 aliphatic carbocycles. The molecule has 0 radical (unpaired) electrons. The van der Waals surface area contributed by atoms with Crippen LogP contribution in [0.3, 0.4) is 0 Å². The van der Waals surface area contributed by atoms with Crippen LogP contribution >= 0.6 is 21.7 Å². The van der Waals surface area contributed by atoms with Crippen LogP contribution in [0.25, 0.3) is 10.9 Å². The topological polar surface area (TPSA) is 70.4 Å². The molecule has 0 bridgehead atoms. The molecule has 2 rings (SSSR count). The summed E-state index contributed by atoms with van der Waals surface area (Å²) in [5.74, 6) is -1.30. The second-order valence-corrected chi connectivity index (χ2v) is 4.12. The van der Waals surface area contributed by atoms with Gasteiger partial charge in [-0.1, -0.05) is 6.07 Å². The van der Waals surface area contributed by atoms with Crippen molar-refractivity contribution in [3.8, 4) is 5.75 Å². The lowest BCUT2D eigenvalue weighted by molar-refractivity contribution is 0.0690. The monoisotopic (exact) mass is 255 g/mol. The van der Waals surface area contributed by atoms with Crippen LogP contribution in [-0.2, 0) is 0 Å². The number of carboxylic acids is 1. The molecule has 2 aromatic rings. The summed E-state index contributed by atoms with van der Waals surface area (Å²) in [6, 6.07) is 6.19. The number of para-hydroxylation sites is 1. The number of aromatic nitrogens is 1. The van der Waals surface area contributed by atoms with Gasteiger partial charge in [-0.25, -0.2) is 9.78 Å². The summed E-state index contributed by atoms with van der Waals surface area (Å²) in [4.78, 5) is 15.3. The van der Waals surface area contributed by atoms with Crippen LogP contribution in [0.15, 0.2) is 29.2 Å². The van der Waals surface area contributed by atoms with Gasteiger partial charge in [0.15, 0.2) is 5.69 Å². The first-order valence-electron chi connectivity index (χ1n) is 4.28. The molecule has 82 valence electrons. The number of hydrogen-bond acceptors (Lipinski definition) is 4. The average Bonchev–Trinajstić information content (AvgIpc) is 2.28. The highest BCUT2D eigenvalue weighted by Gasteiger charge is 2.12. The van der Waals surface area contributed by atoms with E-state index < -0.39 is 5.97 Å². The Labute approximate surface area is 99.4 Å². The molecule has 0 aliphatic rings. The first-order chi connectivity index (χ1) is 7.63. The molecular weight excluding hydrogens is 250 g/mol. The summed E-state index contributed by atoms with van der Waals surface area (Å²) in [6.45, 7) is 0. The fraction of sp³-hybridized carbons (Fsp3) is 0. The molecule has 0 saturated heterocycles. The van der Waals surface area contributed by atoms with Gasteiger partial charge in [-0.3, -0.25) is 0 Å². The van der Waals surface area contributed by atoms with Crippen LogP contribution in [0.1, 0.15) is 10.5 Å². The van der Waals surface area contributed by atoms with Crippen molar-refractivity contribution in [1.29, 1.82) is 0 Å². The van der Waals surface area contributed by atoms with Crippen molar-refractivity contribution >= 4 is 38.5 Å². The van der Waals surface area contributed by atoms with E-state index in [9.17, 15) is 9.90 Å². The zero-order chi connectivity index (χ0) is 11.7. The van der Waals surface area contributed by atoms with Gasteiger partial charge in [0.05, 0.1) is 5.52 Å². The van der Waals surface area contributed by atoms with E-state index in [0.717, 1.165) is 17.0 Å². The molecule has 16 heavy (non-hydrogen) atoms. The molecule has 0 spiro atoms. The fourth-order valence-corrected chi connectivity index (χ4v) is 2.11. The summed E-state index contributed by atoms with van der Waals surface area (Å²) in [7, 11) is 6.57. The number of carbonyl (C=O) groups is 1. The molecule has 1 aromatic heterocycles. The zero-order valence-corrected chi connectivity index (χ0v) is 9.42. The van der Waals surface area contributed by atoms with Gasteiger partial charge in [-0.2, -0.15) is 0 Å². The number of hydrogen-bond donors (Lipinski definition) is 2. The summed E-state index contributed by atoms with van der Waals surface area (Å²) in [6.07, 6.45) is 0. The number of nitrogens with zero attached hydrogens (tertiary/aromatic N) is 1. The van der Waals surface area contributed by atoms with E-state index in [1.54, 1.807) is 18.2 Å². The molecule has 0 fully saturated rings. The Kier molecular flexibility index (Phi) is 2.89. The maximum Gasteiger partial charge on any atom is 0.354 e. The molecule has 2 N–H and O–H groups in total. The van der Waals surface area contributed by atoms with Gasteiger partial charge in [-0.05, 0) is 33.8 Å². The van der Waals surface area contributed by atoms with Crippen LogP contribution in [0, 0.1) is 0 Å². The Balaban J connectivity index is 2.82. The van der Waals surface area contributed by atoms with Crippen molar-refractivity contribution in [3.63, 3.8) is 0 Å². The highest BCUT2D eigenvalue weighted by molar-refractivity contribution is 8.21. The maximum atomic E-state index is 10.8. The van der Waals surface area contributed by atoms with Gasteiger partial charge >= 0.3 is 5.97 Å². The molecule has 0 unspecified atom stereocenters. The third-order valence-electron chi connectivity index (χ3n) is 2.08. The molecular formula is C10H6ClNO3S. The second kappa shape index (κ2) is 4.19. The molecule has 4 nitrogen and oxygen atoms in total. The summed E-state index contributed by atoms with van der Waals surface area (Å²) >= 11 is 0. The number of fused-ring (bicyclic) bond motifs is 1. The predicted octanol–water partition coefficient (Wildman–Crippen LogP) is 2.88. The van der Waals surface area contributed by atoms with Crippen molar-refractivity contribution in [3.05, 3.63) is 30.0 Å². The third-order valence-corrected chi connectivity index (χ3v) is 3.08. The first-order valence-corrected chi connectivity index (χ1v) is 5.92. The molecule has 1 heterocycles. The van der Waals surface area contributed by atoms with Crippen molar-refractivity contribution in [2.24, 2.45) is 0 Å². The molecule has 0 atom stereocenters. The SMILES string of the molecule is O=C(O)c1cc(O)c2cccc(SCl)c2n1. The Bertz CT molecular complexity index is 573. The summed E-state index contributed by atoms with van der Waals surface area (Å²) < 4.78 is 0. The van der Waals surface area contributed by atoms with E-state index in [1.807, 2.05) is 0 Å². The van der Waals surface area contributed by atoms with Crippen molar-refractivity contribution in [2.75, 3.05) is 0 Å². The Morgan fingerprint density at radius 2 is 2.19 bits per heavy atom. The fourth-order valence-electron chi connectivity index (χ4n) is 1.38. The predicted molar refractivity (Wildman–Crippen MR) is 62.1 cm³/mol. The van der Waals surface area contributed by atoms with E-state index >= 15 is 0 Å². The average molecular weight is 256 g/mol. The van der Waals surface area contributed by atoms with Crippen LogP contribution in [0.5, 0.6) is 5.75 Å². The number of benzene rings is 1. The number of pyridine rings is 1. The lowest BCUT2D eigenvalue weighted by Gasteiger charge is -2.05. The van der Waals surface area contributed by atoms with Gasteiger partial charge in [0.2, 0.25) is 0 Å². The Morgan fingerprint density at radius 1 is 1.44 bits per heavy atom. The number of carboxylic acid groups (broad SMARTS) is 1. The van der Waals surface area contributed by atoms with Crippen molar-refractivity contribution in [1.82, 2.24) is 4.98 Å². The van der Waals surface area contributed by atoms with E-state index in [2.05, 4.69) is 4.98 Å². The Morgan fingerprint density at radius 3 is 2.81 bits per heavy atom. The van der Waals surface area contributed by atoms with E-state index in [-0.39, 0.29) is 11.4 Å². The second-order valence-electron chi connectivity index (χ2n) is 3.06. The highest BCUT2D eigenvalue weighted by atomic mass is 35.7. The van der Waals surface area contributed by atoms with Gasteiger partial charge in [-0.15, -0.1) is 0 Å². The van der Waals surface area contributed by atoms with Gasteiger partial charge in [0.25, 0.3) is 0 Å². The summed E-state index contributed by atoms with van der Waals surface area (Å²) in [5, 5.41) is 19.0. The standard InChI is InChI=1S/C10H6ClNO3S/c11-16-8-3-1-2-5-7(13)4-6(10(14)15)12-9(5)8/h1-4H,(H,12,13)(H,14,15). The van der Waals surface area contributed by atoms with Crippen LogP contribution in [-0.4, -0.2) is 21.2 Å². The molecule has 1 aromatic carbocycles. The molecule has 0 saturated carbocycles. The van der Waals surface area contributed by atoms with Crippen LogP contribution < -0.4 is 0 Å². The third kappa shape index (κ3) is 1.79. The first kappa shape index (κ1) is 11.0. The highest BCUT2D eigenvalue weighted by Crippen LogP contribution is 2.33. The Hall–Kier alpha value is -1.46. The zero-order valence-electron chi connectivity index (χ0n) is 7.85. The van der Waals surface area contributed by atoms with Crippen LogP contribution in [0.2, 0.25) is 0 Å². The molecule has 6 heteroatoms. The van der Waals surface area contributed by atoms with E-state index in [4.69, 9.17) is 15.8 Å². The van der Waals surface area contributed by atoms with Gasteiger partial charge in [0.1, 0.15) is 5.75 Å². The van der Waals surface area contributed by atoms with Gasteiger partial charge < -0.3 is 10.2 Å². The minimum absolute atomic E-state index is 0.116.